The maximum atomic E-state index is 14.5. The average molecular weight is 592 g/mol. The standard InChI is InChI=1S/C34H45N3O6/c1-7-42-23-15-13-22(14-16-23)35-29(39)26-25-17-18-34(43-25)27(26)31(41)37(24(19-38)21-11-9-8-10-12-21)28(34)30(40)36-33(5,6)20-32(2,3)4/h8-16,24-28,38H,7,17-20H2,1-6H3,(H,35,39)(H,36,40)/t24-,25-,26+,27+,28?,34?/m1/s1. The Morgan fingerprint density at radius 3 is 2.35 bits per heavy atom. The third kappa shape index (κ3) is 5.89. The second kappa shape index (κ2) is 11.6. The van der Waals surface area contributed by atoms with Crippen molar-refractivity contribution >= 4 is 23.4 Å². The molecule has 9 nitrogen and oxygen atoms in total. The molecule has 232 valence electrons. The Hall–Kier alpha value is -3.43. The summed E-state index contributed by atoms with van der Waals surface area (Å²) in [5.41, 5.74) is -0.490. The molecule has 9 heteroatoms. The van der Waals surface area contributed by atoms with Gasteiger partial charge in [-0.25, -0.2) is 0 Å². The Morgan fingerprint density at radius 1 is 1.07 bits per heavy atom. The molecule has 3 amide bonds. The van der Waals surface area contributed by atoms with Crippen molar-refractivity contribution in [2.24, 2.45) is 17.3 Å². The summed E-state index contributed by atoms with van der Waals surface area (Å²) in [4.78, 5) is 44.2. The van der Waals surface area contributed by atoms with E-state index in [2.05, 4.69) is 31.4 Å². The molecule has 0 radical (unpaired) electrons. The second-order valence-electron chi connectivity index (χ2n) is 14.0. The first-order valence-corrected chi connectivity index (χ1v) is 15.3. The van der Waals surface area contributed by atoms with Crippen LogP contribution in [0.1, 0.15) is 72.4 Å². The highest BCUT2D eigenvalue weighted by molar-refractivity contribution is 6.02. The van der Waals surface area contributed by atoms with E-state index in [9.17, 15) is 19.5 Å². The molecule has 43 heavy (non-hydrogen) atoms. The predicted octanol–water partition coefficient (Wildman–Crippen LogP) is 4.46. The van der Waals surface area contributed by atoms with E-state index in [1.807, 2.05) is 51.1 Å². The van der Waals surface area contributed by atoms with Crippen LogP contribution in [0.4, 0.5) is 5.69 Å². The number of amides is 3. The van der Waals surface area contributed by atoms with Gasteiger partial charge >= 0.3 is 0 Å². The van der Waals surface area contributed by atoms with Crippen molar-refractivity contribution in [1.29, 1.82) is 0 Å². The van der Waals surface area contributed by atoms with E-state index in [4.69, 9.17) is 9.47 Å². The van der Waals surface area contributed by atoms with Crippen molar-refractivity contribution in [1.82, 2.24) is 10.2 Å². The first kappa shape index (κ1) is 31.0. The number of nitrogens with zero attached hydrogens (tertiary/aromatic N) is 1. The van der Waals surface area contributed by atoms with Gasteiger partial charge in [0.1, 0.15) is 17.4 Å². The lowest BCUT2D eigenvalue weighted by Crippen LogP contribution is -2.60. The van der Waals surface area contributed by atoms with Crippen LogP contribution in [0, 0.1) is 17.3 Å². The van der Waals surface area contributed by atoms with Crippen LogP contribution >= 0.6 is 0 Å². The molecule has 0 aromatic heterocycles. The average Bonchev–Trinajstić information content (AvgIpc) is 3.57. The molecule has 2 aromatic rings. The van der Waals surface area contributed by atoms with Crippen LogP contribution in [-0.2, 0) is 19.1 Å². The molecule has 6 atom stereocenters. The number of benzene rings is 2. The van der Waals surface area contributed by atoms with Crippen molar-refractivity contribution in [3.63, 3.8) is 0 Å². The summed E-state index contributed by atoms with van der Waals surface area (Å²) in [6.07, 6.45) is 1.26. The van der Waals surface area contributed by atoms with Gasteiger partial charge in [0.05, 0.1) is 37.2 Å². The number of ether oxygens (including phenoxy) is 2. The third-order valence-corrected chi connectivity index (χ3v) is 8.85. The van der Waals surface area contributed by atoms with Crippen molar-refractivity contribution in [3.8, 4) is 5.75 Å². The normalized spacial score (nSPS) is 27.1. The van der Waals surface area contributed by atoms with E-state index >= 15 is 0 Å². The van der Waals surface area contributed by atoms with E-state index in [1.165, 1.54) is 4.90 Å². The summed E-state index contributed by atoms with van der Waals surface area (Å²) in [6, 6.07) is 14.5. The summed E-state index contributed by atoms with van der Waals surface area (Å²) in [5, 5.41) is 16.8. The molecule has 3 heterocycles. The van der Waals surface area contributed by atoms with Gasteiger partial charge in [0, 0.05) is 11.2 Å². The van der Waals surface area contributed by atoms with Crippen molar-refractivity contribution in [2.45, 2.75) is 90.1 Å². The topological polar surface area (TPSA) is 117 Å². The number of carbonyl (C=O) groups is 3. The molecule has 0 saturated carbocycles. The van der Waals surface area contributed by atoms with Gasteiger partial charge < -0.3 is 30.1 Å². The molecular formula is C34H45N3O6. The quantitative estimate of drug-likeness (QED) is 0.376. The van der Waals surface area contributed by atoms with Crippen LogP contribution in [0.3, 0.4) is 0 Å². The number of nitrogens with one attached hydrogen (secondary N) is 2. The van der Waals surface area contributed by atoms with Crippen molar-refractivity contribution in [2.75, 3.05) is 18.5 Å². The maximum absolute atomic E-state index is 14.5. The zero-order valence-corrected chi connectivity index (χ0v) is 26.1. The number of aliphatic hydroxyl groups is 1. The van der Waals surface area contributed by atoms with Crippen molar-refractivity contribution < 1.29 is 29.0 Å². The van der Waals surface area contributed by atoms with E-state index in [-0.39, 0.29) is 29.7 Å². The first-order chi connectivity index (χ1) is 20.3. The first-order valence-electron chi connectivity index (χ1n) is 15.3. The van der Waals surface area contributed by atoms with Gasteiger partial charge in [0.15, 0.2) is 0 Å². The van der Waals surface area contributed by atoms with E-state index in [1.54, 1.807) is 24.3 Å². The predicted molar refractivity (Wildman–Crippen MR) is 163 cm³/mol. The fraction of sp³-hybridized carbons (Fsp3) is 0.559. The molecule has 3 aliphatic heterocycles. The Balaban J connectivity index is 1.50. The van der Waals surface area contributed by atoms with Gasteiger partial charge in [-0.15, -0.1) is 0 Å². The lowest BCUT2D eigenvalue weighted by molar-refractivity contribution is -0.146. The lowest BCUT2D eigenvalue weighted by atomic mass is 9.70. The number of hydrogen-bond donors (Lipinski definition) is 3. The summed E-state index contributed by atoms with van der Waals surface area (Å²) in [6.45, 7) is 12.4. The number of carbonyl (C=O) groups excluding carboxylic acids is 3. The fourth-order valence-electron chi connectivity index (χ4n) is 7.85. The minimum absolute atomic E-state index is 0.0488. The number of hydrogen-bond acceptors (Lipinski definition) is 6. The largest absolute Gasteiger partial charge is 0.494 e. The SMILES string of the molecule is CCOc1ccc(NC(=O)[C@@H]2[C@H]3C(=O)N([C@H](CO)c4ccccc4)C(C(=O)NC(C)(C)CC(C)(C)C)C34CC[C@H]2O4)cc1. The minimum atomic E-state index is -1.17. The molecule has 2 bridgehead atoms. The Morgan fingerprint density at radius 2 is 1.74 bits per heavy atom. The van der Waals surface area contributed by atoms with Crippen LogP contribution in [0.2, 0.25) is 0 Å². The Bertz CT molecular complexity index is 1340. The summed E-state index contributed by atoms with van der Waals surface area (Å²) in [5.74, 6) is -1.91. The molecule has 3 fully saturated rings. The number of fused-ring (bicyclic) bond motifs is 1. The van der Waals surface area contributed by atoms with Gasteiger partial charge in [0.25, 0.3) is 0 Å². The molecule has 3 saturated heterocycles. The van der Waals surface area contributed by atoms with Crippen LogP contribution in [0.15, 0.2) is 54.6 Å². The Labute approximate surface area is 254 Å². The number of rotatable bonds is 10. The van der Waals surface area contributed by atoms with E-state index < -0.39 is 41.2 Å². The molecular weight excluding hydrogens is 546 g/mol. The Kier molecular flexibility index (Phi) is 8.35. The summed E-state index contributed by atoms with van der Waals surface area (Å²) >= 11 is 0. The molecule has 3 aliphatic rings. The highest BCUT2D eigenvalue weighted by atomic mass is 16.5. The zero-order valence-electron chi connectivity index (χ0n) is 26.1. The van der Waals surface area contributed by atoms with Crippen LogP contribution in [0.25, 0.3) is 0 Å². The second-order valence-corrected chi connectivity index (χ2v) is 14.0. The molecule has 2 unspecified atom stereocenters. The van der Waals surface area contributed by atoms with Crippen LogP contribution < -0.4 is 15.4 Å². The minimum Gasteiger partial charge on any atom is -0.494 e. The molecule has 0 aliphatic carbocycles. The van der Waals surface area contributed by atoms with Gasteiger partial charge in [-0.1, -0.05) is 51.1 Å². The van der Waals surface area contributed by atoms with Gasteiger partial charge in [-0.2, -0.15) is 0 Å². The smallest absolute Gasteiger partial charge is 0.246 e. The molecule has 1 spiro atoms. The van der Waals surface area contributed by atoms with E-state index in [0.29, 0.717) is 42.9 Å². The molecule has 2 aromatic carbocycles. The van der Waals surface area contributed by atoms with Crippen molar-refractivity contribution in [3.05, 3.63) is 60.2 Å². The summed E-state index contributed by atoms with van der Waals surface area (Å²) in [7, 11) is 0. The highest BCUT2D eigenvalue weighted by Crippen LogP contribution is 2.59. The van der Waals surface area contributed by atoms with E-state index in [0.717, 1.165) is 0 Å². The lowest BCUT2D eigenvalue weighted by Gasteiger charge is -2.40. The van der Waals surface area contributed by atoms with Crippen LogP contribution in [-0.4, -0.2) is 64.2 Å². The van der Waals surface area contributed by atoms with Crippen LogP contribution in [0.5, 0.6) is 5.75 Å². The van der Waals surface area contributed by atoms with Gasteiger partial charge in [-0.05, 0) is 75.3 Å². The van der Waals surface area contributed by atoms with Gasteiger partial charge in [0.2, 0.25) is 17.7 Å². The maximum Gasteiger partial charge on any atom is 0.246 e. The molecule has 5 rings (SSSR count). The number of likely N-dealkylation sites (tertiary alicyclic amines) is 1. The highest BCUT2D eigenvalue weighted by Gasteiger charge is 2.75. The zero-order chi connectivity index (χ0) is 31.2. The monoisotopic (exact) mass is 591 g/mol. The fourth-order valence-corrected chi connectivity index (χ4v) is 7.85. The number of anilines is 1. The molecule has 3 N–H and O–H groups in total. The van der Waals surface area contributed by atoms with Gasteiger partial charge in [-0.3, -0.25) is 14.4 Å². The third-order valence-electron chi connectivity index (χ3n) is 8.85. The number of aliphatic hydroxyl groups excluding tert-OH is 1. The summed E-state index contributed by atoms with van der Waals surface area (Å²) < 4.78 is 12.1.